The van der Waals surface area contributed by atoms with Gasteiger partial charge in [0.05, 0.1) is 16.1 Å². The lowest BCUT2D eigenvalue weighted by molar-refractivity contribution is 0.598. The largest absolute Gasteiger partial charge is 0.306 e. The number of rotatable bonds is 5. The Bertz CT molecular complexity index is 566. The molecule has 2 aromatic rings. The lowest BCUT2D eigenvalue weighted by Gasteiger charge is -2.20. The molecule has 1 N–H and O–H groups in total. The molecule has 0 bridgehead atoms. The second kappa shape index (κ2) is 7.33. The van der Waals surface area contributed by atoms with E-state index >= 15 is 0 Å². The first-order valence-electron chi connectivity index (χ1n) is 6.55. The summed E-state index contributed by atoms with van der Waals surface area (Å²) in [6, 6.07) is 13.7. The van der Waals surface area contributed by atoms with Gasteiger partial charge in [-0.15, -0.1) is 0 Å². The highest BCUT2D eigenvalue weighted by atomic mass is 35.5. The minimum absolute atomic E-state index is 0.0852. The standard InChI is InChI=1S/C16H16Cl3N/c1-2-9-20-16(11-3-6-13(17)7-4-11)12-5-8-14(18)15(19)10-12/h3-8,10,16,20H,2,9H2,1H3. The van der Waals surface area contributed by atoms with Crippen molar-refractivity contribution >= 4 is 34.8 Å². The number of halogens is 3. The van der Waals surface area contributed by atoms with Gasteiger partial charge in [0.1, 0.15) is 0 Å². The van der Waals surface area contributed by atoms with Crippen LogP contribution in [-0.2, 0) is 0 Å². The molecule has 2 rings (SSSR count). The van der Waals surface area contributed by atoms with Crippen LogP contribution < -0.4 is 5.32 Å². The zero-order valence-corrected chi connectivity index (χ0v) is 13.4. The fraction of sp³-hybridized carbons (Fsp3) is 0.250. The molecule has 0 spiro atoms. The van der Waals surface area contributed by atoms with Crippen molar-refractivity contribution in [2.24, 2.45) is 0 Å². The summed E-state index contributed by atoms with van der Waals surface area (Å²) in [5.74, 6) is 0. The smallest absolute Gasteiger partial charge is 0.0595 e. The van der Waals surface area contributed by atoms with E-state index in [0.29, 0.717) is 10.0 Å². The zero-order chi connectivity index (χ0) is 14.5. The number of hydrogen-bond acceptors (Lipinski definition) is 1. The van der Waals surface area contributed by atoms with E-state index in [0.717, 1.165) is 29.1 Å². The average Bonchev–Trinajstić information content (AvgIpc) is 2.45. The zero-order valence-electron chi connectivity index (χ0n) is 11.2. The van der Waals surface area contributed by atoms with Gasteiger partial charge in [-0.3, -0.25) is 0 Å². The molecule has 0 amide bonds. The Morgan fingerprint density at radius 1 is 0.900 bits per heavy atom. The molecule has 0 aromatic heterocycles. The molecule has 106 valence electrons. The van der Waals surface area contributed by atoms with E-state index in [2.05, 4.69) is 12.2 Å². The van der Waals surface area contributed by atoms with Crippen molar-refractivity contribution in [2.75, 3.05) is 6.54 Å². The second-order valence-corrected chi connectivity index (χ2v) is 5.86. The predicted octanol–water partition coefficient (Wildman–Crippen LogP) is 5.74. The molecule has 0 saturated heterocycles. The monoisotopic (exact) mass is 327 g/mol. The maximum absolute atomic E-state index is 6.12. The lowest BCUT2D eigenvalue weighted by atomic mass is 9.98. The molecule has 0 saturated carbocycles. The predicted molar refractivity (Wildman–Crippen MR) is 88.1 cm³/mol. The Labute approximate surface area is 134 Å². The maximum atomic E-state index is 6.12. The van der Waals surface area contributed by atoms with Crippen LogP contribution in [0.15, 0.2) is 42.5 Å². The third-order valence-electron chi connectivity index (χ3n) is 3.08. The van der Waals surface area contributed by atoms with Crippen LogP contribution in [0, 0.1) is 0 Å². The van der Waals surface area contributed by atoms with Gasteiger partial charge in [-0.2, -0.15) is 0 Å². The third kappa shape index (κ3) is 3.89. The van der Waals surface area contributed by atoms with Crippen LogP contribution in [0.4, 0.5) is 0 Å². The van der Waals surface area contributed by atoms with Gasteiger partial charge in [0.15, 0.2) is 0 Å². The summed E-state index contributed by atoms with van der Waals surface area (Å²) in [5, 5.41) is 5.40. The van der Waals surface area contributed by atoms with Crippen LogP contribution in [0.3, 0.4) is 0 Å². The van der Waals surface area contributed by atoms with Crippen molar-refractivity contribution < 1.29 is 0 Å². The molecule has 0 radical (unpaired) electrons. The van der Waals surface area contributed by atoms with Gasteiger partial charge in [-0.25, -0.2) is 0 Å². The highest BCUT2D eigenvalue weighted by Gasteiger charge is 2.14. The normalized spacial score (nSPS) is 12.4. The molecular weight excluding hydrogens is 313 g/mol. The van der Waals surface area contributed by atoms with Crippen LogP contribution in [0.25, 0.3) is 0 Å². The van der Waals surface area contributed by atoms with Gasteiger partial charge in [-0.1, -0.05) is 59.9 Å². The van der Waals surface area contributed by atoms with Gasteiger partial charge in [0, 0.05) is 5.02 Å². The van der Waals surface area contributed by atoms with Crippen molar-refractivity contribution in [2.45, 2.75) is 19.4 Å². The van der Waals surface area contributed by atoms with E-state index in [4.69, 9.17) is 34.8 Å². The molecule has 0 fully saturated rings. The van der Waals surface area contributed by atoms with Crippen molar-refractivity contribution in [1.29, 1.82) is 0 Å². The summed E-state index contributed by atoms with van der Waals surface area (Å²) < 4.78 is 0. The first-order valence-corrected chi connectivity index (χ1v) is 7.69. The van der Waals surface area contributed by atoms with Crippen LogP contribution in [-0.4, -0.2) is 6.54 Å². The van der Waals surface area contributed by atoms with Crippen molar-refractivity contribution in [1.82, 2.24) is 5.32 Å². The molecule has 20 heavy (non-hydrogen) atoms. The number of benzene rings is 2. The second-order valence-electron chi connectivity index (χ2n) is 4.61. The van der Waals surface area contributed by atoms with Crippen LogP contribution in [0.1, 0.15) is 30.5 Å². The van der Waals surface area contributed by atoms with Gasteiger partial charge < -0.3 is 5.32 Å². The molecule has 1 nitrogen and oxygen atoms in total. The summed E-state index contributed by atoms with van der Waals surface area (Å²) in [6.07, 6.45) is 1.06. The van der Waals surface area contributed by atoms with Crippen LogP contribution in [0.5, 0.6) is 0 Å². The Balaban J connectivity index is 2.35. The topological polar surface area (TPSA) is 12.0 Å². The van der Waals surface area contributed by atoms with E-state index in [-0.39, 0.29) is 6.04 Å². The van der Waals surface area contributed by atoms with E-state index in [1.54, 1.807) is 0 Å². The molecule has 4 heteroatoms. The number of nitrogens with one attached hydrogen (secondary N) is 1. The van der Waals surface area contributed by atoms with Crippen molar-refractivity contribution in [3.8, 4) is 0 Å². The molecule has 0 heterocycles. The first kappa shape index (κ1) is 15.7. The average molecular weight is 329 g/mol. The lowest BCUT2D eigenvalue weighted by Crippen LogP contribution is -2.23. The SMILES string of the molecule is CCCNC(c1ccc(Cl)cc1)c1ccc(Cl)c(Cl)c1. The molecule has 1 unspecified atom stereocenters. The Morgan fingerprint density at radius 3 is 2.15 bits per heavy atom. The van der Waals surface area contributed by atoms with E-state index in [1.165, 1.54) is 0 Å². The molecule has 0 aliphatic carbocycles. The molecule has 0 aliphatic heterocycles. The van der Waals surface area contributed by atoms with Gasteiger partial charge >= 0.3 is 0 Å². The maximum Gasteiger partial charge on any atom is 0.0595 e. The Morgan fingerprint density at radius 2 is 1.55 bits per heavy atom. The number of hydrogen-bond donors (Lipinski definition) is 1. The van der Waals surface area contributed by atoms with E-state index in [9.17, 15) is 0 Å². The highest BCUT2D eigenvalue weighted by Crippen LogP contribution is 2.29. The minimum Gasteiger partial charge on any atom is -0.306 e. The highest BCUT2D eigenvalue weighted by molar-refractivity contribution is 6.42. The van der Waals surface area contributed by atoms with Crippen LogP contribution >= 0.6 is 34.8 Å². The van der Waals surface area contributed by atoms with Crippen molar-refractivity contribution in [3.63, 3.8) is 0 Å². The molecule has 1 atom stereocenters. The van der Waals surface area contributed by atoms with Crippen molar-refractivity contribution in [3.05, 3.63) is 68.7 Å². The Kier molecular flexibility index (Phi) is 5.74. The molecule has 0 aliphatic rings. The van der Waals surface area contributed by atoms with E-state index < -0.39 is 0 Å². The molecule has 2 aromatic carbocycles. The quantitative estimate of drug-likeness (QED) is 0.738. The van der Waals surface area contributed by atoms with Crippen LogP contribution in [0.2, 0.25) is 15.1 Å². The summed E-state index contributed by atoms with van der Waals surface area (Å²) in [4.78, 5) is 0. The molecular formula is C16H16Cl3N. The third-order valence-corrected chi connectivity index (χ3v) is 4.07. The first-order chi connectivity index (χ1) is 9.61. The van der Waals surface area contributed by atoms with Gasteiger partial charge in [-0.05, 0) is 48.4 Å². The summed E-state index contributed by atoms with van der Waals surface area (Å²) in [5.41, 5.74) is 2.25. The van der Waals surface area contributed by atoms with E-state index in [1.807, 2.05) is 42.5 Å². The summed E-state index contributed by atoms with van der Waals surface area (Å²) >= 11 is 18.1. The fourth-order valence-electron chi connectivity index (χ4n) is 2.06. The minimum atomic E-state index is 0.0852. The summed E-state index contributed by atoms with van der Waals surface area (Å²) in [7, 11) is 0. The Hall–Kier alpha value is -0.730. The van der Waals surface area contributed by atoms with Gasteiger partial charge in [0.25, 0.3) is 0 Å². The van der Waals surface area contributed by atoms with Gasteiger partial charge in [0.2, 0.25) is 0 Å². The summed E-state index contributed by atoms with van der Waals surface area (Å²) in [6.45, 7) is 3.06. The fourth-order valence-corrected chi connectivity index (χ4v) is 2.50.